The highest BCUT2D eigenvalue weighted by molar-refractivity contribution is 7.80. The van der Waals surface area contributed by atoms with Gasteiger partial charge in [-0.1, -0.05) is 36.5 Å². The monoisotopic (exact) mass is 813 g/mol. The number of aromatic nitrogens is 1. The topological polar surface area (TPSA) is 133 Å². The Balaban J connectivity index is 0.919. The van der Waals surface area contributed by atoms with Crippen molar-refractivity contribution in [2.45, 2.75) is 44.9 Å². The molecule has 298 valence electrons. The highest BCUT2D eigenvalue weighted by Gasteiger charge is 2.46. The molecule has 7 rings (SSSR count). The van der Waals surface area contributed by atoms with Gasteiger partial charge in [-0.2, -0.15) is 18.4 Å². The Morgan fingerprint density at radius 2 is 1.72 bits per heavy atom. The van der Waals surface area contributed by atoms with Crippen LogP contribution in [0.4, 0.5) is 33.3 Å². The van der Waals surface area contributed by atoms with E-state index in [1.807, 2.05) is 24.3 Å². The Kier molecular flexibility index (Phi) is 10.8. The smallest absolute Gasteiger partial charge is 0.354 e. The Hall–Kier alpha value is -6.18. The minimum absolute atomic E-state index is 0.0896. The van der Waals surface area contributed by atoms with Crippen LogP contribution in [-0.4, -0.2) is 59.4 Å². The van der Waals surface area contributed by atoms with Crippen molar-refractivity contribution in [1.29, 1.82) is 5.26 Å². The third-order valence-electron chi connectivity index (χ3n) is 10.3. The normalized spacial score (nSPS) is 15.3. The van der Waals surface area contributed by atoms with E-state index >= 15 is 4.39 Å². The van der Waals surface area contributed by atoms with Gasteiger partial charge in [-0.05, 0) is 98.5 Å². The van der Waals surface area contributed by atoms with Gasteiger partial charge in [-0.3, -0.25) is 14.4 Å². The van der Waals surface area contributed by atoms with E-state index in [-0.39, 0.29) is 40.9 Å². The molecule has 1 aromatic heterocycles. The SMILES string of the molecule is CC1(C)C(=O)N(c2ccc(C#N)c(C(F)(F)F)c2)CC(=S)N1c1ccc(C(=O)NCCCNCc2ccc(-c3[nH]c4cc(F)cc5c4c3CCNC5=O)cc2)c(F)c1. The first kappa shape index (κ1) is 40.0. The van der Waals surface area contributed by atoms with Crippen molar-refractivity contribution in [1.82, 2.24) is 20.9 Å². The van der Waals surface area contributed by atoms with Crippen LogP contribution in [0.2, 0.25) is 0 Å². The number of carbonyl (C=O) groups excluding carboxylic acids is 3. The molecular formula is C42H36F5N7O3S. The number of anilines is 2. The van der Waals surface area contributed by atoms with Gasteiger partial charge < -0.3 is 30.7 Å². The maximum absolute atomic E-state index is 15.4. The van der Waals surface area contributed by atoms with E-state index in [2.05, 4.69) is 20.9 Å². The first-order chi connectivity index (χ1) is 27.6. The lowest BCUT2D eigenvalue weighted by Crippen LogP contribution is -2.65. The Morgan fingerprint density at radius 3 is 2.43 bits per heavy atom. The molecule has 0 radical (unpaired) electrons. The lowest BCUT2D eigenvalue weighted by molar-refractivity contribution is -0.137. The van der Waals surface area contributed by atoms with Crippen LogP contribution in [0.3, 0.4) is 0 Å². The summed E-state index contributed by atoms with van der Waals surface area (Å²) in [5, 5.41) is 18.7. The first-order valence-electron chi connectivity index (χ1n) is 18.3. The molecule has 4 N–H and O–H groups in total. The Bertz CT molecular complexity index is 2530. The van der Waals surface area contributed by atoms with Crippen molar-refractivity contribution in [3.8, 4) is 17.3 Å². The summed E-state index contributed by atoms with van der Waals surface area (Å²) in [7, 11) is 0. The number of H-pyrrole nitrogens is 1. The molecule has 1 fully saturated rings. The molecule has 0 atom stereocenters. The van der Waals surface area contributed by atoms with E-state index in [0.717, 1.165) is 50.9 Å². The van der Waals surface area contributed by atoms with E-state index < -0.39 is 46.3 Å². The molecule has 0 spiro atoms. The molecule has 2 aliphatic rings. The van der Waals surface area contributed by atoms with Gasteiger partial charge in [-0.25, -0.2) is 8.78 Å². The molecule has 0 bridgehead atoms. The number of piperazine rings is 1. The molecule has 1 saturated heterocycles. The molecule has 3 heterocycles. The van der Waals surface area contributed by atoms with Crippen LogP contribution >= 0.6 is 12.2 Å². The van der Waals surface area contributed by atoms with Gasteiger partial charge in [0.2, 0.25) is 0 Å². The van der Waals surface area contributed by atoms with Gasteiger partial charge in [0.05, 0.1) is 34.9 Å². The lowest BCUT2D eigenvalue weighted by atomic mass is 9.95. The van der Waals surface area contributed by atoms with Crippen LogP contribution in [0.5, 0.6) is 0 Å². The highest BCUT2D eigenvalue weighted by Crippen LogP contribution is 2.38. The Labute approximate surface area is 335 Å². The third-order valence-corrected chi connectivity index (χ3v) is 10.6. The minimum atomic E-state index is -4.82. The number of thiocarbonyl (C=S) groups is 1. The second kappa shape index (κ2) is 15.6. The number of rotatable bonds is 10. The summed E-state index contributed by atoms with van der Waals surface area (Å²) < 4.78 is 70.6. The zero-order valence-corrected chi connectivity index (χ0v) is 32.1. The molecule has 4 aromatic carbocycles. The molecule has 0 unspecified atom stereocenters. The van der Waals surface area contributed by atoms with Crippen LogP contribution in [0.25, 0.3) is 22.2 Å². The maximum Gasteiger partial charge on any atom is 0.417 e. The number of aromatic amines is 1. The molecule has 10 nitrogen and oxygen atoms in total. The van der Waals surface area contributed by atoms with E-state index in [1.54, 1.807) is 0 Å². The molecule has 3 amide bonds. The number of hydrogen-bond acceptors (Lipinski definition) is 6. The van der Waals surface area contributed by atoms with Crippen LogP contribution < -0.4 is 25.8 Å². The van der Waals surface area contributed by atoms with Crippen molar-refractivity contribution < 1.29 is 36.3 Å². The lowest BCUT2D eigenvalue weighted by Gasteiger charge is -2.47. The fourth-order valence-corrected chi connectivity index (χ4v) is 7.98. The summed E-state index contributed by atoms with van der Waals surface area (Å²) in [6, 6.07) is 18.9. The van der Waals surface area contributed by atoms with Crippen molar-refractivity contribution in [3.05, 3.63) is 118 Å². The zero-order chi connectivity index (χ0) is 41.5. The molecule has 5 aromatic rings. The van der Waals surface area contributed by atoms with Crippen molar-refractivity contribution in [3.63, 3.8) is 0 Å². The average Bonchev–Trinajstić information content (AvgIpc) is 3.45. The number of hydrogen-bond donors (Lipinski definition) is 4. The quantitative estimate of drug-likeness (QED) is 0.0669. The van der Waals surface area contributed by atoms with Crippen LogP contribution in [0.1, 0.15) is 63.2 Å². The minimum Gasteiger partial charge on any atom is -0.354 e. The standard InChI is InChI=1S/C42H36F5N7O3S/c1-41(2)40(57)53(27-9-8-25(20-48)32(18-27)42(45,46)47)22-35(58)54(41)28-10-11-29(33(44)19-28)38(55)50-14-3-13-49-21-23-4-6-24(7-5-23)37-30-12-15-51-39(56)31-16-26(43)17-34(52-37)36(30)31/h4-11,16-19,49,52H,3,12-15,21-22H2,1-2H3,(H,50,55)(H,51,56). The van der Waals surface area contributed by atoms with E-state index in [0.29, 0.717) is 43.6 Å². The van der Waals surface area contributed by atoms with Gasteiger partial charge >= 0.3 is 6.18 Å². The number of nitrogens with one attached hydrogen (secondary N) is 4. The maximum atomic E-state index is 15.4. The number of nitrogens with zero attached hydrogens (tertiary/aromatic N) is 3. The molecule has 16 heteroatoms. The van der Waals surface area contributed by atoms with Crippen molar-refractivity contribution in [2.75, 3.05) is 36.0 Å². The fraction of sp³-hybridized carbons (Fsp3) is 0.262. The summed E-state index contributed by atoms with van der Waals surface area (Å²) in [6.07, 6.45) is -3.67. The number of nitriles is 1. The number of amides is 3. The molecule has 0 aliphatic carbocycles. The van der Waals surface area contributed by atoms with Gasteiger partial charge in [0, 0.05) is 47.6 Å². The average molecular weight is 814 g/mol. The number of halogens is 5. The van der Waals surface area contributed by atoms with E-state index in [9.17, 15) is 31.9 Å². The summed E-state index contributed by atoms with van der Waals surface area (Å²) >= 11 is 5.58. The highest BCUT2D eigenvalue weighted by atomic mass is 32.1. The third kappa shape index (κ3) is 7.62. The summed E-state index contributed by atoms with van der Waals surface area (Å²) in [5.74, 6) is -2.87. The molecule has 2 aliphatic heterocycles. The van der Waals surface area contributed by atoms with Crippen LogP contribution in [-0.2, 0) is 23.9 Å². The number of alkyl halides is 3. The number of benzene rings is 4. The summed E-state index contributed by atoms with van der Waals surface area (Å²) in [6.45, 7) is 4.55. The van der Waals surface area contributed by atoms with Gasteiger partial charge in [0.25, 0.3) is 17.7 Å². The van der Waals surface area contributed by atoms with Gasteiger partial charge in [-0.15, -0.1) is 0 Å². The van der Waals surface area contributed by atoms with Gasteiger partial charge in [0.1, 0.15) is 22.2 Å². The Morgan fingerprint density at radius 1 is 0.983 bits per heavy atom. The van der Waals surface area contributed by atoms with Gasteiger partial charge in [0.15, 0.2) is 0 Å². The first-order valence-corrected chi connectivity index (χ1v) is 18.8. The second-order valence-corrected chi connectivity index (χ2v) is 15.0. The van der Waals surface area contributed by atoms with Crippen LogP contribution in [0.15, 0.2) is 72.8 Å². The fourth-order valence-electron chi connectivity index (χ4n) is 7.52. The number of carbonyl (C=O) groups is 3. The predicted molar refractivity (Wildman–Crippen MR) is 212 cm³/mol. The van der Waals surface area contributed by atoms with E-state index in [4.69, 9.17) is 17.5 Å². The summed E-state index contributed by atoms with van der Waals surface area (Å²) in [4.78, 5) is 45.0. The van der Waals surface area contributed by atoms with Crippen molar-refractivity contribution in [2.24, 2.45) is 0 Å². The summed E-state index contributed by atoms with van der Waals surface area (Å²) in [5.41, 5.74) is 1.29. The largest absolute Gasteiger partial charge is 0.417 e. The molecule has 0 saturated carbocycles. The molecular weight excluding hydrogens is 778 g/mol. The predicted octanol–water partition coefficient (Wildman–Crippen LogP) is 7.16. The zero-order valence-electron chi connectivity index (χ0n) is 31.2. The van der Waals surface area contributed by atoms with E-state index in [1.165, 1.54) is 55.1 Å². The van der Waals surface area contributed by atoms with Crippen molar-refractivity contribution >= 4 is 57.2 Å². The molecule has 58 heavy (non-hydrogen) atoms. The second-order valence-electron chi connectivity index (χ2n) is 14.5. The van der Waals surface area contributed by atoms with Crippen LogP contribution in [0, 0.1) is 23.0 Å².